The van der Waals surface area contributed by atoms with Crippen molar-refractivity contribution in [2.24, 2.45) is 17.8 Å². The standard InChI is InChI=1S/C21H33NO3/c1-15(2)19-9-8-16(3)14-21(19,25)20(24)22-12-10-17-6-4-5-7-18(17)11-13-23/h4-7,15-16,19,23,25H,8-14H2,1-3H3,(H,22,24). The van der Waals surface area contributed by atoms with E-state index in [9.17, 15) is 9.90 Å². The normalized spacial score (nSPS) is 26.6. The number of amides is 1. The average Bonchev–Trinajstić information content (AvgIpc) is 2.56. The molecule has 0 bridgehead atoms. The molecule has 1 amide bonds. The second-order valence-corrected chi connectivity index (χ2v) is 7.91. The molecule has 4 heteroatoms. The molecular weight excluding hydrogens is 314 g/mol. The van der Waals surface area contributed by atoms with Crippen LogP contribution in [0.4, 0.5) is 0 Å². The van der Waals surface area contributed by atoms with E-state index >= 15 is 0 Å². The molecule has 3 unspecified atom stereocenters. The van der Waals surface area contributed by atoms with E-state index in [0.717, 1.165) is 24.0 Å². The molecule has 0 spiro atoms. The molecule has 3 atom stereocenters. The van der Waals surface area contributed by atoms with Crippen LogP contribution >= 0.6 is 0 Å². The SMILES string of the molecule is CC1CCC(C(C)C)C(O)(C(=O)NCCc2ccccc2CCO)C1. The summed E-state index contributed by atoms with van der Waals surface area (Å²) in [4.78, 5) is 12.8. The van der Waals surface area contributed by atoms with E-state index in [4.69, 9.17) is 5.11 Å². The van der Waals surface area contributed by atoms with Crippen molar-refractivity contribution < 1.29 is 15.0 Å². The average molecular weight is 347 g/mol. The predicted molar refractivity (Wildman–Crippen MR) is 100 cm³/mol. The van der Waals surface area contributed by atoms with Crippen molar-refractivity contribution in [1.82, 2.24) is 5.32 Å². The fraction of sp³-hybridized carbons (Fsp3) is 0.667. The molecule has 140 valence electrons. The molecule has 1 aromatic rings. The Labute approximate surface area is 151 Å². The molecule has 0 aliphatic heterocycles. The van der Waals surface area contributed by atoms with E-state index in [1.807, 2.05) is 24.3 Å². The Balaban J connectivity index is 1.99. The maximum absolute atomic E-state index is 12.8. The van der Waals surface area contributed by atoms with Crippen molar-refractivity contribution in [1.29, 1.82) is 0 Å². The third-order valence-corrected chi connectivity index (χ3v) is 5.62. The second kappa shape index (κ2) is 8.81. The van der Waals surface area contributed by atoms with Gasteiger partial charge in [0.05, 0.1) is 0 Å². The van der Waals surface area contributed by atoms with Gasteiger partial charge in [-0.3, -0.25) is 4.79 Å². The van der Waals surface area contributed by atoms with Crippen molar-refractivity contribution in [2.75, 3.05) is 13.2 Å². The Morgan fingerprint density at radius 2 is 1.88 bits per heavy atom. The lowest BCUT2D eigenvalue weighted by molar-refractivity contribution is -0.155. The van der Waals surface area contributed by atoms with Crippen LogP contribution in [-0.2, 0) is 17.6 Å². The van der Waals surface area contributed by atoms with Gasteiger partial charge in [0.25, 0.3) is 5.91 Å². The molecule has 3 N–H and O–H groups in total. The number of carbonyl (C=O) groups excluding carboxylic acids is 1. The smallest absolute Gasteiger partial charge is 0.252 e. The summed E-state index contributed by atoms with van der Waals surface area (Å²) in [5.41, 5.74) is 1.00. The zero-order valence-electron chi connectivity index (χ0n) is 15.8. The lowest BCUT2D eigenvalue weighted by Crippen LogP contribution is -2.56. The van der Waals surface area contributed by atoms with Gasteiger partial charge in [0.1, 0.15) is 5.60 Å². The highest BCUT2D eigenvalue weighted by molar-refractivity contribution is 5.85. The Kier molecular flexibility index (Phi) is 7.03. The molecule has 2 rings (SSSR count). The van der Waals surface area contributed by atoms with Gasteiger partial charge in [-0.2, -0.15) is 0 Å². The van der Waals surface area contributed by atoms with Gasteiger partial charge in [-0.25, -0.2) is 0 Å². The number of hydrogen-bond donors (Lipinski definition) is 3. The lowest BCUT2D eigenvalue weighted by atomic mass is 9.66. The van der Waals surface area contributed by atoms with Crippen LogP contribution in [0.1, 0.15) is 51.2 Å². The molecule has 0 saturated heterocycles. The summed E-state index contributed by atoms with van der Waals surface area (Å²) >= 11 is 0. The quantitative estimate of drug-likeness (QED) is 0.710. The van der Waals surface area contributed by atoms with Gasteiger partial charge < -0.3 is 15.5 Å². The minimum absolute atomic E-state index is 0.0189. The highest BCUT2D eigenvalue weighted by atomic mass is 16.3. The number of benzene rings is 1. The van der Waals surface area contributed by atoms with Crippen LogP contribution in [0.15, 0.2) is 24.3 Å². The monoisotopic (exact) mass is 347 g/mol. The molecule has 25 heavy (non-hydrogen) atoms. The number of aliphatic hydroxyl groups excluding tert-OH is 1. The summed E-state index contributed by atoms with van der Waals surface area (Å²) in [7, 11) is 0. The third kappa shape index (κ3) is 4.83. The predicted octanol–water partition coefficient (Wildman–Crippen LogP) is 2.70. The first-order chi connectivity index (χ1) is 11.9. The minimum atomic E-state index is -1.25. The first-order valence-corrected chi connectivity index (χ1v) is 9.56. The Morgan fingerprint density at radius 3 is 2.48 bits per heavy atom. The van der Waals surface area contributed by atoms with Crippen LogP contribution in [0, 0.1) is 17.8 Å². The number of nitrogens with one attached hydrogen (secondary N) is 1. The highest BCUT2D eigenvalue weighted by Gasteiger charge is 2.48. The third-order valence-electron chi connectivity index (χ3n) is 5.62. The van der Waals surface area contributed by atoms with Crippen LogP contribution in [0.3, 0.4) is 0 Å². The molecule has 1 saturated carbocycles. The molecular formula is C21H33NO3. The van der Waals surface area contributed by atoms with Gasteiger partial charge in [-0.05, 0) is 54.6 Å². The lowest BCUT2D eigenvalue weighted by Gasteiger charge is -2.43. The molecule has 4 nitrogen and oxygen atoms in total. The Bertz CT molecular complexity index is 572. The van der Waals surface area contributed by atoms with Crippen molar-refractivity contribution in [3.63, 3.8) is 0 Å². The first-order valence-electron chi connectivity index (χ1n) is 9.56. The largest absolute Gasteiger partial charge is 0.396 e. The Morgan fingerprint density at radius 1 is 1.24 bits per heavy atom. The van der Waals surface area contributed by atoms with Gasteiger partial charge in [-0.15, -0.1) is 0 Å². The summed E-state index contributed by atoms with van der Waals surface area (Å²) in [6, 6.07) is 7.99. The fourth-order valence-electron chi connectivity index (χ4n) is 4.26. The van der Waals surface area contributed by atoms with Crippen LogP contribution in [-0.4, -0.2) is 34.9 Å². The van der Waals surface area contributed by atoms with Crippen LogP contribution in [0.2, 0.25) is 0 Å². The van der Waals surface area contributed by atoms with Crippen LogP contribution in [0.5, 0.6) is 0 Å². The molecule has 1 fully saturated rings. The van der Waals surface area contributed by atoms with Crippen LogP contribution < -0.4 is 5.32 Å². The van der Waals surface area contributed by atoms with Crippen molar-refractivity contribution in [2.45, 2.75) is 58.5 Å². The number of rotatable bonds is 7. The second-order valence-electron chi connectivity index (χ2n) is 7.91. The molecule has 0 heterocycles. The Hall–Kier alpha value is -1.39. The zero-order valence-corrected chi connectivity index (χ0v) is 15.8. The number of carbonyl (C=O) groups is 1. The molecule has 0 aromatic heterocycles. The van der Waals surface area contributed by atoms with Crippen molar-refractivity contribution >= 4 is 5.91 Å². The van der Waals surface area contributed by atoms with E-state index in [2.05, 4.69) is 26.1 Å². The summed E-state index contributed by atoms with van der Waals surface area (Å²) < 4.78 is 0. The molecule has 1 aliphatic carbocycles. The van der Waals surface area contributed by atoms with Gasteiger partial charge >= 0.3 is 0 Å². The van der Waals surface area contributed by atoms with Gasteiger partial charge in [0.2, 0.25) is 0 Å². The summed E-state index contributed by atoms with van der Waals surface area (Å²) in [5, 5.41) is 23.3. The summed E-state index contributed by atoms with van der Waals surface area (Å²) in [5.74, 6) is 0.451. The van der Waals surface area contributed by atoms with E-state index in [0.29, 0.717) is 31.7 Å². The van der Waals surface area contributed by atoms with Gasteiger partial charge in [0, 0.05) is 13.2 Å². The number of aliphatic hydroxyl groups is 2. The minimum Gasteiger partial charge on any atom is -0.396 e. The first kappa shape index (κ1) is 19.9. The fourth-order valence-corrected chi connectivity index (χ4v) is 4.26. The van der Waals surface area contributed by atoms with Crippen LogP contribution in [0.25, 0.3) is 0 Å². The van der Waals surface area contributed by atoms with Crippen molar-refractivity contribution in [3.05, 3.63) is 35.4 Å². The maximum Gasteiger partial charge on any atom is 0.252 e. The van der Waals surface area contributed by atoms with Crippen molar-refractivity contribution in [3.8, 4) is 0 Å². The molecule has 1 aliphatic rings. The summed E-state index contributed by atoms with van der Waals surface area (Å²) in [6.07, 6.45) is 3.86. The molecule has 1 aromatic carbocycles. The highest BCUT2D eigenvalue weighted by Crippen LogP contribution is 2.41. The van der Waals surface area contributed by atoms with E-state index < -0.39 is 5.60 Å². The van der Waals surface area contributed by atoms with Gasteiger partial charge in [-0.1, -0.05) is 51.5 Å². The van der Waals surface area contributed by atoms with E-state index in [-0.39, 0.29) is 24.3 Å². The topological polar surface area (TPSA) is 69.6 Å². The number of hydrogen-bond acceptors (Lipinski definition) is 3. The van der Waals surface area contributed by atoms with E-state index in [1.54, 1.807) is 0 Å². The van der Waals surface area contributed by atoms with E-state index in [1.165, 1.54) is 0 Å². The van der Waals surface area contributed by atoms with Gasteiger partial charge in [0.15, 0.2) is 0 Å². The summed E-state index contributed by atoms with van der Waals surface area (Å²) in [6.45, 7) is 6.91. The molecule has 0 radical (unpaired) electrons. The zero-order chi connectivity index (χ0) is 18.4. The maximum atomic E-state index is 12.8.